The highest BCUT2D eigenvalue weighted by Gasteiger charge is 2.41. The molecule has 24 heavy (non-hydrogen) atoms. The summed E-state index contributed by atoms with van der Waals surface area (Å²) in [6.07, 6.45) is 3.14. The number of benzene rings is 1. The quantitative estimate of drug-likeness (QED) is 0.897. The standard InChI is InChI=1S/C18H21ClN2O.C2H6/c1-21-11-9-18(22,10-12-21)17(14-5-3-2-4-6-14)16-8-7-15(19)13-20-16;1-2/h2-8,13,17,22H,9-12H2,1H3;1-2H3. The molecule has 1 aliphatic rings. The Kier molecular flexibility index (Phi) is 6.79. The van der Waals surface area contributed by atoms with Gasteiger partial charge in [-0.25, -0.2) is 0 Å². The van der Waals surface area contributed by atoms with Gasteiger partial charge >= 0.3 is 0 Å². The molecule has 3 rings (SSSR count). The predicted molar refractivity (Wildman–Crippen MR) is 101 cm³/mol. The molecule has 1 unspecified atom stereocenters. The van der Waals surface area contributed by atoms with E-state index in [0.29, 0.717) is 5.02 Å². The highest BCUT2D eigenvalue weighted by atomic mass is 35.5. The molecule has 130 valence electrons. The lowest BCUT2D eigenvalue weighted by molar-refractivity contribution is -0.0297. The monoisotopic (exact) mass is 346 g/mol. The number of halogens is 1. The fourth-order valence-corrected chi connectivity index (χ4v) is 3.37. The molecule has 0 saturated carbocycles. The van der Waals surface area contributed by atoms with Crippen LogP contribution in [0.4, 0.5) is 0 Å². The Balaban J connectivity index is 0.00000100. The molecule has 1 saturated heterocycles. The van der Waals surface area contributed by atoms with Gasteiger partial charge < -0.3 is 10.0 Å². The lowest BCUT2D eigenvalue weighted by atomic mass is 9.74. The number of piperidine rings is 1. The van der Waals surface area contributed by atoms with Crippen molar-refractivity contribution in [1.29, 1.82) is 0 Å². The molecule has 1 N–H and O–H groups in total. The van der Waals surface area contributed by atoms with E-state index in [9.17, 15) is 5.11 Å². The summed E-state index contributed by atoms with van der Waals surface area (Å²) >= 11 is 5.97. The highest BCUT2D eigenvalue weighted by Crippen LogP contribution is 2.40. The third-order valence-corrected chi connectivity index (χ3v) is 4.79. The van der Waals surface area contributed by atoms with Gasteiger partial charge in [-0.2, -0.15) is 0 Å². The molecule has 4 heteroatoms. The van der Waals surface area contributed by atoms with Gasteiger partial charge in [-0.05, 0) is 37.6 Å². The second-order valence-corrected chi connectivity index (χ2v) is 6.59. The third kappa shape index (κ3) is 4.35. The smallest absolute Gasteiger partial charge is 0.0796 e. The number of aliphatic hydroxyl groups is 1. The molecule has 0 bridgehead atoms. The predicted octanol–water partition coefficient (Wildman–Crippen LogP) is 4.35. The van der Waals surface area contributed by atoms with Crippen LogP contribution in [-0.2, 0) is 0 Å². The number of aromatic nitrogens is 1. The van der Waals surface area contributed by atoms with Gasteiger partial charge in [0.25, 0.3) is 0 Å². The maximum Gasteiger partial charge on any atom is 0.0796 e. The number of likely N-dealkylation sites (tertiary alicyclic amines) is 1. The number of nitrogens with zero attached hydrogens (tertiary/aromatic N) is 2. The highest BCUT2D eigenvalue weighted by molar-refractivity contribution is 6.30. The summed E-state index contributed by atoms with van der Waals surface area (Å²) in [5, 5.41) is 11.9. The zero-order valence-corrected chi connectivity index (χ0v) is 15.5. The molecule has 3 nitrogen and oxygen atoms in total. The minimum Gasteiger partial charge on any atom is -0.389 e. The zero-order valence-electron chi connectivity index (χ0n) is 14.7. The van der Waals surface area contributed by atoms with Gasteiger partial charge in [-0.3, -0.25) is 4.98 Å². The van der Waals surface area contributed by atoms with Crippen LogP contribution in [0.15, 0.2) is 48.7 Å². The maximum atomic E-state index is 11.3. The van der Waals surface area contributed by atoms with Crippen molar-refractivity contribution in [2.45, 2.75) is 38.2 Å². The van der Waals surface area contributed by atoms with Crippen LogP contribution < -0.4 is 0 Å². The average molecular weight is 347 g/mol. The van der Waals surface area contributed by atoms with E-state index in [0.717, 1.165) is 37.2 Å². The molecule has 0 spiro atoms. The lowest BCUT2D eigenvalue weighted by Crippen LogP contribution is -2.47. The number of rotatable bonds is 3. The minimum absolute atomic E-state index is 0.125. The molecule has 0 radical (unpaired) electrons. The van der Waals surface area contributed by atoms with Crippen molar-refractivity contribution in [3.8, 4) is 0 Å². The number of hydrogen-bond donors (Lipinski definition) is 1. The van der Waals surface area contributed by atoms with E-state index in [1.807, 2.05) is 44.2 Å². The van der Waals surface area contributed by atoms with Crippen molar-refractivity contribution in [2.75, 3.05) is 20.1 Å². The van der Waals surface area contributed by atoms with E-state index in [1.165, 1.54) is 0 Å². The molecule has 1 atom stereocenters. The molecule has 1 aromatic heterocycles. The molecule has 1 aliphatic heterocycles. The van der Waals surface area contributed by atoms with Crippen LogP contribution in [0.25, 0.3) is 0 Å². The first-order valence-electron chi connectivity index (χ1n) is 8.66. The van der Waals surface area contributed by atoms with Crippen LogP contribution in [0.2, 0.25) is 5.02 Å². The van der Waals surface area contributed by atoms with Crippen molar-refractivity contribution in [2.24, 2.45) is 0 Å². The molecule has 1 fully saturated rings. The first-order chi connectivity index (χ1) is 11.6. The molecule has 1 aromatic carbocycles. The SMILES string of the molecule is CC.CN1CCC(O)(C(c2ccccc2)c2ccc(Cl)cn2)CC1. The van der Waals surface area contributed by atoms with Crippen LogP contribution in [-0.4, -0.2) is 40.7 Å². The van der Waals surface area contributed by atoms with Gasteiger partial charge in [0.05, 0.1) is 22.2 Å². The van der Waals surface area contributed by atoms with E-state index in [-0.39, 0.29) is 5.92 Å². The van der Waals surface area contributed by atoms with Crippen molar-refractivity contribution >= 4 is 11.6 Å². The Morgan fingerprint density at radius 3 is 2.25 bits per heavy atom. The van der Waals surface area contributed by atoms with E-state index in [1.54, 1.807) is 6.20 Å². The van der Waals surface area contributed by atoms with E-state index in [4.69, 9.17) is 11.6 Å². The zero-order chi connectivity index (χ0) is 17.6. The maximum absolute atomic E-state index is 11.3. The van der Waals surface area contributed by atoms with E-state index >= 15 is 0 Å². The molecular weight excluding hydrogens is 320 g/mol. The molecule has 0 aliphatic carbocycles. The van der Waals surface area contributed by atoms with Gasteiger partial charge in [0.1, 0.15) is 0 Å². The van der Waals surface area contributed by atoms with Gasteiger partial charge in [0, 0.05) is 19.3 Å². The summed E-state index contributed by atoms with van der Waals surface area (Å²) in [6.45, 7) is 5.79. The van der Waals surface area contributed by atoms with Crippen molar-refractivity contribution < 1.29 is 5.11 Å². The fourth-order valence-electron chi connectivity index (χ4n) is 3.25. The summed E-state index contributed by atoms with van der Waals surface area (Å²) in [4.78, 5) is 6.74. The summed E-state index contributed by atoms with van der Waals surface area (Å²) in [7, 11) is 2.09. The lowest BCUT2D eigenvalue weighted by Gasteiger charge is -2.42. The summed E-state index contributed by atoms with van der Waals surface area (Å²) in [5.41, 5.74) is 1.21. The molecule has 2 aromatic rings. The molecule has 2 heterocycles. The van der Waals surface area contributed by atoms with Gasteiger partial charge in [0.15, 0.2) is 0 Å². The fraction of sp³-hybridized carbons (Fsp3) is 0.450. The second-order valence-electron chi connectivity index (χ2n) is 6.15. The van der Waals surface area contributed by atoms with Gasteiger partial charge in [-0.15, -0.1) is 0 Å². The van der Waals surface area contributed by atoms with Crippen molar-refractivity contribution in [1.82, 2.24) is 9.88 Å². The van der Waals surface area contributed by atoms with Crippen LogP contribution >= 0.6 is 11.6 Å². The van der Waals surface area contributed by atoms with Crippen LogP contribution in [0.1, 0.15) is 43.9 Å². The second kappa shape index (κ2) is 8.61. The Morgan fingerprint density at radius 2 is 1.71 bits per heavy atom. The van der Waals surface area contributed by atoms with Crippen LogP contribution in [0.3, 0.4) is 0 Å². The van der Waals surface area contributed by atoms with Gasteiger partial charge in [-0.1, -0.05) is 55.8 Å². The number of hydrogen-bond acceptors (Lipinski definition) is 3. The Hall–Kier alpha value is -1.42. The van der Waals surface area contributed by atoms with Crippen LogP contribution in [0.5, 0.6) is 0 Å². The van der Waals surface area contributed by atoms with E-state index in [2.05, 4.69) is 29.1 Å². The van der Waals surface area contributed by atoms with Crippen molar-refractivity contribution in [3.63, 3.8) is 0 Å². The van der Waals surface area contributed by atoms with E-state index < -0.39 is 5.60 Å². The van der Waals surface area contributed by atoms with Gasteiger partial charge in [0.2, 0.25) is 0 Å². The minimum atomic E-state index is -0.769. The Morgan fingerprint density at radius 1 is 1.08 bits per heavy atom. The normalized spacial score (nSPS) is 18.4. The summed E-state index contributed by atoms with van der Waals surface area (Å²) < 4.78 is 0. The Labute approximate surface area is 150 Å². The molecule has 0 amide bonds. The van der Waals surface area contributed by atoms with Crippen LogP contribution in [0, 0.1) is 0 Å². The first-order valence-corrected chi connectivity index (χ1v) is 9.04. The summed E-state index contributed by atoms with van der Waals surface area (Å²) in [5.74, 6) is -0.125. The average Bonchev–Trinajstić information content (AvgIpc) is 2.62. The molecular formula is C20H27ClN2O. The van der Waals surface area contributed by atoms with Crippen molar-refractivity contribution in [3.05, 3.63) is 64.9 Å². The third-order valence-electron chi connectivity index (χ3n) is 4.57. The summed E-state index contributed by atoms with van der Waals surface area (Å²) in [6, 6.07) is 13.9. The first kappa shape index (κ1) is 18.9. The number of pyridine rings is 1. The topological polar surface area (TPSA) is 36.4 Å². The largest absolute Gasteiger partial charge is 0.389 e. The Bertz CT molecular complexity index is 607.